The minimum atomic E-state index is -0.344. The third kappa shape index (κ3) is 3.63. The predicted molar refractivity (Wildman–Crippen MR) is 108 cm³/mol. The zero-order valence-corrected chi connectivity index (χ0v) is 16.5. The molecule has 0 spiro atoms. The van der Waals surface area contributed by atoms with Gasteiger partial charge in [0.15, 0.2) is 11.5 Å². The maximum atomic E-state index is 12.9. The normalized spacial score (nSPS) is 15.2. The Labute approximate surface area is 168 Å². The summed E-state index contributed by atoms with van der Waals surface area (Å²) in [5.41, 5.74) is 3.27. The molecule has 1 N–H and O–H groups in total. The third-order valence-corrected chi connectivity index (χ3v) is 5.02. The van der Waals surface area contributed by atoms with E-state index in [9.17, 15) is 4.79 Å². The molecule has 0 fully saturated rings. The maximum Gasteiger partial charge on any atom is 0.239 e. The van der Waals surface area contributed by atoms with Crippen molar-refractivity contribution in [3.05, 3.63) is 53.7 Å². The monoisotopic (exact) mass is 394 g/mol. The quantitative estimate of drug-likeness (QED) is 0.708. The fourth-order valence-electron chi connectivity index (χ4n) is 3.49. The highest BCUT2D eigenvalue weighted by atomic mass is 16.5. The van der Waals surface area contributed by atoms with E-state index < -0.39 is 0 Å². The molecule has 29 heavy (non-hydrogen) atoms. The van der Waals surface area contributed by atoms with Crippen molar-refractivity contribution in [1.29, 1.82) is 0 Å². The first-order valence-corrected chi connectivity index (χ1v) is 9.31. The van der Waals surface area contributed by atoms with Crippen molar-refractivity contribution in [3.63, 3.8) is 0 Å². The fraction of sp³-hybridized carbons (Fsp3) is 0.273. The first-order valence-electron chi connectivity index (χ1n) is 9.31. The summed E-state index contributed by atoms with van der Waals surface area (Å²) in [5.74, 6) is 1.94. The van der Waals surface area contributed by atoms with Crippen molar-refractivity contribution in [2.45, 2.75) is 13.3 Å². The lowest BCUT2D eigenvalue weighted by Crippen LogP contribution is -2.32. The number of amides is 1. The molecule has 7 nitrogen and oxygen atoms in total. The van der Waals surface area contributed by atoms with Crippen molar-refractivity contribution in [2.75, 3.05) is 26.1 Å². The van der Waals surface area contributed by atoms with Gasteiger partial charge in [-0.1, -0.05) is 29.4 Å². The molecule has 0 saturated heterocycles. The first-order chi connectivity index (χ1) is 14.1. The molecule has 0 bridgehead atoms. The molecule has 2 aromatic carbocycles. The zero-order chi connectivity index (χ0) is 20.4. The van der Waals surface area contributed by atoms with Crippen LogP contribution < -0.4 is 19.5 Å². The van der Waals surface area contributed by atoms with Crippen LogP contribution in [0, 0.1) is 12.8 Å². The summed E-state index contributed by atoms with van der Waals surface area (Å²) in [7, 11) is 3.22. The number of methoxy groups -OCH3 is 2. The van der Waals surface area contributed by atoms with Crippen LogP contribution in [0.1, 0.15) is 11.3 Å². The Balaban J connectivity index is 1.53. The van der Waals surface area contributed by atoms with E-state index in [0.29, 0.717) is 29.5 Å². The van der Waals surface area contributed by atoms with Crippen molar-refractivity contribution in [3.8, 4) is 28.4 Å². The van der Waals surface area contributed by atoms with Crippen LogP contribution in [0.15, 0.2) is 47.0 Å². The number of aromatic nitrogens is 1. The number of para-hydroxylation sites is 1. The van der Waals surface area contributed by atoms with Crippen LogP contribution in [0.4, 0.5) is 5.88 Å². The smallest absolute Gasteiger partial charge is 0.239 e. The molecule has 150 valence electrons. The lowest BCUT2D eigenvalue weighted by Gasteiger charge is -2.25. The molecule has 1 amide bonds. The number of nitrogens with one attached hydrogen (secondary N) is 1. The molecular formula is C22H22N2O5. The topological polar surface area (TPSA) is 82.8 Å². The molecule has 1 aromatic heterocycles. The number of hydrogen-bond donors (Lipinski definition) is 1. The number of rotatable bonds is 5. The van der Waals surface area contributed by atoms with Gasteiger partial charge in [0, 0.05) is 0 Å². The predicted octanol–water partition coefficient (Wildman–Crippen LogP) is 3.86. The summed E-state index contributed by atoms with van der Waals surface area (Å²) in [4.78, 5) is 12.9. The van der Waals surface area contributed by atoms with Gasteiger partial charge < -0.3 is 18.7 Å². The lowest BCUT2D eigenvalue weighted by molar-refractivity contribution is -0.121. The number of hydrogen-bond acceptors (Lipinski definition) is 6. The van der Waals surface area contributed by atoms with Crippen LogP contribution >= 0.6 is 0 Å². The number of anilines is 1. The number of carbonyl (C=O) groups is 1. The van der Waals surface area contributed by atoms with Gasteiger partial charge >= 0.3 is 0 Å². The number of carbonyl (C=O) groups excluding carboxylic acids is 1. The molecule has 2 heterocycles. The van der Waals surface area contributed by atoms with Crippen LogP contribution in [0.5, 0.6) is 17.2 Å². The minimum Gasteiger partial charge on any atom is -0.497 e. The average molecular weight is 394 g/mol. The molecule has 0 aliphatic carbocycles. The van der Waals surface area contributed by atoms with Crippen LogP contribution in [0.3, 0.4) is 0 Å². The van der Waals surface area contributed by atoms with E-state index in [1.165, 1.54) is 0 Å². The van der Waals surface area contributed by atoms with Gasteiger partial charge in [-0.05, 0) is 42.7 Å². The van der Waals surface area contributed by atoms with Crippen molar-refractivity contribution in [2.24, 2.45) is 5.92 Å². The highest BCUT2D eigenvalue weighted by molar-refractivity contribution is 5.95. The van der Waals surface area contributed by atoms with E-state index in [1.54, 1.807) is 14.2 Å². The summed E-state index contributed by atoms with van der Waals surface area (Å²) in [6.45, 7) is 2.11. The molecule has 0 saturated carbocycles. The van der Waals surface area contributed by atoms with Gasteiger partial charge in [-0.3, -0.25) is 10.1 Å². The van der Waals surface area contributed by atoms with Crippen LogP contribution in [-0.2, 0) is 11.2 Å². The molecular weight excluding hydrogens is 372 g/mol. The average Bonchev–Trinajstić information content (AvgIpc) is 3.12. The number of ether oxygens (including phenoxy) is 3. The van der Waals surface area contributed by atoms with Crippen LogP contribution in [0.25, 0.3) is 11.1 Å². The molecule has 1 unspecified atom stereocenters. The molecule has 1 aliphatic rings. The Hall–Kier alpha value is -3.48. The van der Waals surface area contributed by atoms with Gasteiger partial charge in [0.1, 0.15) is 12.4 Å². The van der Waals surface area contributed by atoms with Gasteiger partial charge in [-0.25, -0.2) is 0 Å². The summed E-state index contributed by atoms with van der Waals surface area (Å²) in [6.07, 6.45) is 0.559. The molecule has 7 heteroatoms. The van der Waals surface area contributed by atoms with Gasteiger partial charge in [0.2, 0.25) is 11.8 Å². The van der Waals surface area contributed by atoms with E-state index in [1.807, 2.05) is 49.4 Å². The van der Waals surface area contributed by atoms with Crippen molar-refractivity contribution >= 4 is 11.8 Å². The van der Waals surface area contributed by atoms with E-state index in [2.05, 4.69) is 10.5 Å². The molecule has 0 radical (unpaired) electrons. The summed E-state index contributed by atoms with van der Waals surface area (Å²) in [5, 5.41) is 6.90. The number of fused-ring (bicyclic) bond motifs is 1. The second kappa shape index (κ2) is 7.87. The van der Waals surface area contributed by atoms with Crippen LogP contribution in [0.2, 0.25) is 0 Å². The largest absolute Gasteiger partial charge is 0.497 e. The zero-order valence-electron chi connectivity index (χ0n) is 16.5. The van der Waals surface area contributed by atoms with E-state index >= 15 is 0 Å². The van der Waals surface area contributed by atoms with Gasteiger partial charge in [-0.2, -0.15) is 0 Å². The Kier molecular flexibility index (Phi) is 5.12. The Bertz CT molecular complexity index is 1030. The number of benzene rings is 2. The standard InChI is InChI=1S/C22H22N2O5/c1-13-19(14-7-9-17(26-2)10-8-14)22(29-24-13)23-21(25)16-11-15-5-4-6-18(27-3)20(15)28-12-16/h4-10,16H,11-12H2,1-3H3,(H,23,25). The van der Waals surface area contributed by atoms with Gasteiger partial charge in [-0.15, -0.1) is 0 Å². The summed E-state index contributed by atoms with van der Waals surface area (Å²) in [6, 6.07) is 13.2. The van der Waals surface area contributed by atoms with E-state index in [4.69, 9.17) is 18.7 Å². The maximum absolute atomic E-state index is 12.9. The highest BCUT2D eigenvalue weighted by Gasteiger charge is 2.29. The molecule has 3 aromatic rings. The minimum absolute atomic E-state index is 0.176. The summed E-state index contributed by atoms with van der Waals surface area (Å²) < 4.78 is 21.8. The van der Waals surface area contributed by atoms with Crippen molar-refractivity contribution in [1.82, 2.24) is 5.16 Å². The number of aryl methyl sites for hydroxylation is 1. The first kappa shape index (κ1) is 18.9. The van der Waals surface area contributed by atoms with E-state index in [-0.39, 0.29) is 18.4 Å². The Morgan fingerprint density at radius 2 is 1.93 bits per heavy atom. The van der Waals surface area contributed by atoms with Crippen molar-refractivity contribution < 1.29 is 23.5 Å². The van der Waals surface area contributed by atoms with Gasteiger partial charge in [0.25, 0.3) is 0 Å². The fourth-order valence-corrected chi connectivity index (χ4v) is 3.49. The summed E-state index contributed by atoms with van der Waals surface area (Å²) >= 11 is 0. The SMILES string of the molecule is COc1ccc(-c2c(C)noc2NC(=O)C2COc3c(cccc3OC)C2)cc1. The van der Waals surface area contributed by atoms with E-state index in [0.717, 1.165) is 22.4 Å². The Morgan fingerprint density at radius 3 is 2.66 bits per heavy atom. The molecule has 1 aliphatic heterocycles. The number of nitrogens with zero attached hydrogens (tertiary/aromatic N) is 1. The molecule has 1 atom stereocenters. The second-order valence-corrected chi connectivity index (χ2v) is 6.85. The lowest BCUT2D eigenvalue weighted by atomic mass is 9.95. The molecule has 4 rings (SSSR count). The Morgan fingerprint density at radius 1 is 1.14 bits per heavy atom. The van der Waals surface area contributed by atoms with Gasteiger partial charge in [0.05, 0.1) is 31.4 Å². The second-order valence-electron chi connectivity index (χ2n) is 6.85. The third-order valence-electron chi connectivity index (χ3n) is 5.02. The van der Waals surface area contributed by atoms with Crippen LogP contribution in [-0.4, -0.2) is 31.9 Å². The highest BCUT2D eigenvalue weighted by Crippen LogP contribution is 2.37.